The average molecular weight is 388 g/mol. The van der Waals surface area contributed by atoms with Gasteiger partial charge in [-0.3, -0.25) is 4.72 Å². The van der Waals surface area contributed by atoms with Crippen LogP contribution in [-0.2, 0) is 10.0 Å². The van der Waals surface area contributed by atoms with Gasteiger partial charge in [-0.05, 0) is 55.3 Å². The Balaban J connectivity index is 1.78. The fourth-order valence-corrected chi connectivity index (χ4v) is 3.93. The zero-order valence-electron chi connectivity index (χ0n) is 14.3. The number of hydrogen-bond donors (Lipinski definition) is 2. The second kappa shape index (κ2) is 7.35. The van der Waals surface area contributed by atoms with Crippen molar-refractivity contribution in [3.63, 3.8) is 0 Å². The highest BCUT2D eigenvalue weighted by atomic mass is 35.5. The maximum atomic E-state index is 12.5. The van der Waals surface area contributed by atoms with E-state index in [2.05, 4.69) is 15.0 Å². The fraction of sp³-hybridized carbons (Fsp3) is 0.105. The number of hydrogen-bond acceptors (Lipinski definition) is 4. The predicted molar refractivity (Wildman–Crippen MR) is 106 cm³/mol. The molecule has 0 atom stereocenters. The molecule has 1 aromatic heterocycles. The maximum Gasteiger partial charge on any atom is 0.262 e. The molecule has 0 unspecified atom stereocenters. The molecule has 0 amide bonds. The van der Waals surface area contributed by atoms with E-state index in [-0.39, 0.29) is 4.90 Å². The van der Waals surface area contributed by atoms with Gasteiger partial charge in [-0.2, -0.15) is 0 Å². The van der Waals surface area contributed by atoms with E-state index in [1.54, 1.807) is 43.3 Å². The zero-order chi connectivity index (χ0) is 18.7. The number of rotatable bonds is 5. The molecule has 0 radical (unpaired) electrons. The lowest BCUT2D eigenvalue weighted by atomic mass is 10.2. The molecule has 26 heavy (non-hydrogen) atoms. The summed E-state index contributed by atoms with van der Waals surface area (Å²) in [6.07, 6.45) is 1.47. The van der Waals surface area contributed by atoms with Crippen molar-refractivity contribution in [2.24, 2.45) is 0 Å². The normalized spacial score (nSPS) is 11.2. The first-order chi connectivity index (χ1) is 12.3. The van der Waals surface area contributed by atoms with Crippen LogP contribution in [-0.4, -0.2) is 13.4 Å². The molecule has 0 aliphatic heterocycles. The van der Waals surface area contributed by atoms with Crippen molar-refractivity contribution in [2.45, 2.75) is 18.7 Å². The SMILES string of the molecule is Cc1ccc(Cl)cc1Nc1ccc(NS(=O)(=O)c2ccccc2C)cn1. The van der Waals surface area contributed by atoms with Gasteiger partial charge in [0, 0.05) is 10.7 Å². The summed E-state index contributed by atoms with van der Waals surface area (Å²) in [6, 6.07) is 15.7. The van der Waals surface area contributed by atoms with Gasteiger partial charge in [-0.25, -0.2) is 13.4 Å². The van der Waals surface area contributed by atoms with Crippen molar-refractivity contribution in [3.8, 4) is 0 Å². The van der Waals surface area contributed by atoms with Gasteiger partial charge in [-0.1, -0.05) is 35.9 Å². The van der Waals surface area contributed by atoms with Crippen LogP contribution in [0.2, 0.25) is 5.02 Å². The van der Waals surface area contributed by atoms with Gasteiger partial charge < -0.3 is 5.32 Å². The van der Waals surface area contributed by atoms with Gasteiger partial charge in [0.1, 0.15) is 5.82 Å². The van der Waals surface area contributed by atoms with Crippen molar-refractivity contribution in [1.82, 2.24) is 4.98 Å². The highest BCUT2D eigenvalue weighted by Crippen LogP contribution is 2.24. The molecule has 0 fully saturated rings. The average Bonchev–Trinajstić information content (AvgIpc) is 2.60. The van der Waals surface area contributed by atoms with Gasteiger partial charge in [0.15, 0.2) is 0 Å². The van der Waals surface area contributed by atoms with Crippen molar-refractivity contribution < 1.29 is 8.42 Å². The molecule has 0 saturated heterocycles. The van der Waals surface area contributed by atoms with Crippen LogP contribution in [0, 0.1) is 13.8 Å². The Hall–Kier alpha value is -2.57. The van der Waals surface area contributed by atoms with E-state index in [9.17, 15) is 8.42 Å². The van der Waals surface area contributed by atoms with E-state index >= 15 is 0 Å². The molecule has 1 heterocycles. The summed E-state index contributed by atoms with van der Waals surface area (Å²) in [4.78, 5) is 4.51. The minimum Gasteiger partial charge on any atom is -0.340 e. The first kappa shape index (κ1) is 18.2. The second-order valence-electron chi connectivity index (χ2n) is 5.89. The van der Waals surface area contributed by atoms with E-state index < -0.39 is 10.0 Å². The molecule has 0 spiro atoms. The van der Waals surface area contributed by atoms with Crippen LogP contribution >= 0.6 is 11.6 Å². The van der Waals surface area contributed by atoms with Crippen LogP contribution in [0.5, 0.6) is 0 Å². The van der Waals surface area contributed by atoms with Gasteiger partial charge in [-0.15, -0.1) is 0 Å². The lowest BCUT2D eigenvalue weighted by molar-refractivity contribution is 0.600. The molecule has 2 N–H and O–H groups in total. The minimum atomic E-state index is -3.66. The summed E-state index contributed by atoms with van der Waals surface area (Å²) in [7, 11) is -3.66. The lowest BCUT2D eigenvalue weighted by Crippen LogP contribution is -2.14. The monoisotopic (exact) mass is 387 g/mol. The topological polar surface area (TPSA) is 71.1 Å². The minimum absolute atomic E-state index is 0.247. The van der Waals surface area contributed by atoms with Crippen LogP contribution in [0.4, 0.5) is 17.2 Å². The Morgan fingerprint density at radius 1 is 0.962 bits per heavy atom. The smallest absolute Gasteiger partial charge is 0.262 e. The molecule has 3 rings (SSSR count). The van der Waals surface area contributed by atoms with E-state index in [1.165, 1.54) is 6.20 Å². The van der Waals surface area contributed by atoms with Gasteiger partial charge in [0.2, 0.25) is 0 Å². The van der Waals surface area contributed by atoms with Gasteiger partial charge in [0.25, 0.3) is 10.0 Å². The summed E-state index contributed by atoms with van der Waals surface area (Å²) in [5.74, 6) is 0.592. The van der Waals surface area contributed by atoms with Gasteiger partial charge in [0.05, 0.1) is 16.8 Å². The summed E-state index contributed by atoms with van der Waals surface area (Å²) in [5, 5.41) is 3.80. The quantitative estimate of drug-likeness (QED) is 0.653. The van der Waals surface area contributed by atoms with Crippen LogP contribution in [0.1, 0.15) is 11.1 Å². The summed E-state index contributed by atoms with van der Waals surface area (Å²) < 4.78 is 27.6. The van der Waals surface area contributed by atoms with Crippen LogP contribution < -0.4 is 10.0 Å². The maximum absolute atomic E-state index is 12.5. The molecule has 0 aliphatic carbocycles. The Bertz CT molecular complexity index is 1030. The van der Waals surface area contributed by atoms with E-state index in [0.29, 0.717) is 22.1 Å². The summed E-state index contributed by atoms with van der Waals surface area (Å²) >= 11 is 6.01. The Morgan fingerprint density at radius 3 is 2.42 bits per heavy atom. The largest absolute Gasteiger partial charge is 0.340 e. The number of aryl methyl sites for hydroxylation is 2. The molecule has 0 saturated carbocycles. The number of anilines is 3. The number of benzene rings is 2. The Kier molecular flexibility index (Phi) is 5.15. The third kappa shape index (κ3) is 4.15. The fourth-order valence-electron chi connectivity index (χ4n) is 2.46. The molecule has 0 bridgehead atoms. The molecular formula is C19H18ClN3O2S. The van der Waals surface area contributed by atoms with Crippen molar-refractivity contribution in [1.29, 1.82) is 0 Å². The second-order valence-corrected chi connectivity index (χ2v) is 7.97. The summed E-state index contributed by atoms with van der Waals surface area (Å²) in [6.45, 7) is 3.72. The highest BCUT2D eigenvalue weighted by Gasteiger charge is 2.16. The third-order valence-corrected chi connectivity index (χ3v) is 5.64. The first-order valence-corrected chi connectivity index (χ1v) is 9.79. The van der Waals surface area contributed by atoms with Gasteiger partial charge >= 0.3 is 0 Å². The Morgan fingerprint density at radius 2 is 1.73 bits per heavy atom. The number of halogens is 1. The zero-order valence-corrected chi connectivity index (χ0v) is 15.9. The molecule has 134 valence electrons. The van der Waals surface area contributed by atoms with Crippen LogP contribution in [0.25, 0.3) is 0 Å². The van der Waals surface area contributed by atoms with E-state index in [4.69, 9.17) is 11.6 Å². The molecule has 0 aliphatic rings. The molecule has 7 heteroatoms. The number of pyridine rings is 1. The molecular weight excluding hydrogens is 370 g/mol. The van der Waals surface area contributed by atoms with E-state index in [0.717, 1.165) is 11.3 Å². The number of sulfonamides is 1. The number of aromatic nitrogens is 1. The molecule has 2 aromatic carbocycles. The van der Waals surface area contributed by atoms with Crippen LogP contribution in [0.15, 0.2) is 65.7 Å². The van der Waals surface area contributed by atoms with Crippen molar-refractivity contribution >= 4 is 38.8 Å². The third-order valence-electron chi connectivity index (χ3n) is 3.86. The molecule has 5 nitrogen and oxygen atoms in total. The highest BCUT2D eigenvalue weighted by molar-refractivity contribution is 7.92. The standard InChI is InChI=1S/C19H18ClN3O2S/c1-13-7-8-15(20)11-17(13)22-19-10-9-16(12-21-19)23-26(24,25)18-6-4-3-5-14(18)2/h3-12,23H,1-2H3,(H,21,22). The van der Waals surface area contributed by atoms with Crippen LogP contribution in [0.3, 0.4) is 0 Å². The first-order valence-electron chi connectivity index (χ1n) is 7.93. The summed E-state index contributed by atoms with van der Waals surface area (Å²) in [5.41, 5.74) is 2.95. The van der Waals surface area contributed by atoms with Crippen molar-refractivity contribution in [2.75, 3.05) is 10.0 Å². The molecule has 3 aromatic rings. The van der Waals surface area contributed by atoms with Crippen molar-refractivity contribution in [3.05, 3.63) is 76.9 Å². The predicted octanol–water partition coefficient (Wildman–Crippen LogP) is 4.90. The lowest BCUT2D eigenvalue weighted by Gasteiger charge is -2.12. The Labute approximate surface area is 158 Å². The number of nitrogens with zero attached hydrogens (tertiary/aromatic N) is 1. The number of nitrogens with one attached hydrogen (secondary N) is 2. The van der Waals surface area contributed by atoms with E-state index in [1.807, 2.05) is 25.1 Å².